The molecule has 1 fully saturated rings. The highest BCUT2D eigenvalue weighted by atomic mass is 32.2. The smallest absolute Gasteiger partial charge is 0.133 e. The van der Waals surface area contributed by atoms with Gasteiger partial charge in [-0.1, -0.05) is 31.4 Å². The number of para-hydroxylation sites is 1. The summed E-state index contributed by atoms with van der Waals surface area (Å²) in [6, 6.07) is 8.56. The molecule has 2 atom stereocenters. The van der Waals surface area contributed by atoms with Crippen molar-refractivity contribution < 1.29 is 4.74 Å². The maximum Gasteiger partial charge on any atom is 0.133 e. The second kappa shape index (κ2) is 6.16. The van der Waals surface area contributed by atoms with Crippen LogP contribution >= 0.6 is 11.8 Å². The average molecular weight is 278 g/mol. The minimum atomic E-state index is 0.188. The van der Waals surface area contributed by atoms with Crippen molar-refractivity contribution in [3.05, 3.63) is 24.3 Å². The first-order valence-electron chi connectivity index (χ1n) is 7.23. The molecule has 1 aliphatic carbocycles. The molecule has 3 rings (SSSR count). The summed E-state index contributed by atoms with van der Waals surface area (Å²) in [5, 5.41) is 0. The summed E-state index contributed by atoms with van der Waals surface area (Å²) >= 11 is 1.88. The van der Waals surface area contributed by atoms with Crippen LogP contribution in [0.4, 0.5) is 0 Å². The summed E-state index contributed by atoms with van der Waals surface area (Å²) in [7, 11) is 0. The van der Waals surface area contributed by atoms with Crippen molar-refractivity contribution >= 4 is 11.8 Å². The van der Waals surface area contributed by atoms with Gasteiger partial charge >= 0.3 is 0 Å². The molecular formula is C15H22N2OS. The number of fused-ring (bicyclic) bond motifs is 1. The lowest BCUT2D eigenvalue weighted by Gasteiger charge is -2.37. The van der Waals surface area contributed by atoms with Gasteiger partial charge in [-0.25, -0.2) is 0 Å². The van der Waals surface area contributed by atoms with Crippen LogP contribution in [0.5, 0.6) is 5.75 Å². The van der Waals surface area contributed by atoms with Crippen LogP contribution in [0.1, 0.15) is 32.1 Å². The van der Waals surface area contributed by atoms with Crippen LogP contribution in [0.3, 0.4) is 0 Å². The van der Waals surface area contributed by atoms with E-state index in [9.17, 15) is 0 Å². The lowest BCUT2D eigenvalue weighted by atomic mass is 9.82. The van der Waals surface area contributed by atoms with Gasteiger partial charge in [0.25, 0.3) is 0 Å². The Labute approximate surface area is 119 Å². The van der Waals surface area contributed by atoms with Crippen molar-refractivity contribution in [1.82, 2.24) is 5.43 Å². The number of benzene rings is 1. The highest BCUT2D eigenvalue weighted by Crippen LogP contribution is 2.38. The molecule has 3 N–H and O–H groups in total. The molecule has 1 saturated carbocycles. The predicted octanol–water partition coefficient (Wildman–Crippen LogP) is 2.95. The van der Waals surface area contributed by atoms with E-state index >= 15 is 0 Å². The van der Waals surface area contributed by atoms with Crippen LogP contribution in [-0.4, -0.2) is 17.9 Å². The van der Waals surface area contributed by atoms with Gasteiger partial charge < -0.3 is 4.74 Å². The molecule has 2 aliphatic rings. The van der Waals surface area contributed by atoms with Crippen LogP contribution in [0.25, 0.3) is 0 Å². The Bertz CT molecular complexity index is 420. The van der Waals surface area contributed by atoms with E-state index in [0.717, 1.165) is 11.5 Å². The second-order valence-electron chi connectivity index (χ2n) is 5.50. The SMILES string of the molecule is NNC(C1CCCCC1)C1CSc2ccccc2O1. The third-order valence-electron chi connectivity index (χ3n) is 4.28. The van der Waals surface area contributed by atoms with Crippen molar-refractivity contribution in [1.29, 1.82) is 0 Å². The van der Waals surface area contributed by atoms with E-state index in [0.29, 0.717) is 5.92 Å². The van der Waals surface area contributed by atoms with Gasteiger partial charge in [0.05, 0.1) is 6.04 Å². The fourth-order valence-electron chi connectivity index (χ4n) is 3.25. The number of hydrogen-bond donors (Lipinski definition) is 2. The number of nitrogens with two attached hydrogens (primary N) is 1. The molecule has 0 amide bonds. The van der Waals surface area contributed by atoms with Gasteiger partial charge in [-0.3, -0.25) is 11.3 Å². The monoisotopic (exact) mass is 278 g/mol. The summed E-state index contributed by atoms with van der Waals surface area (Å²) in [6.45, 7) is 0. The fourth-order valence-corrected chi connectivity index (χ4v) is 4.31. The highest BCUT2D eigenvalue weighted by molar-refractivity contribution is 7.99. The minimum Gasteiger partial charge on any atom is -0.487 e. The normalized spacial score (nSPS) is 25.4. The van der Waals surface area contributed by atoms with Crippen molar-refractivity contribution in [2.45, 2.75) is 49.1 Å². The van der Waals surface area contributed by atoms with E-state index in [4.69, 9.17) is 10.6 Å². The van der Waals surface area contributed by atoms with Crippen molar-refractivity contribution in [2.75, 3.05) is 5.75 Å². The van der Waals surface area contributed by atoms with Crippen LogP contribution in [0.2, 0.25) is 0 Å². The largest absolute Gasteiger partial charge is 0.487 e. The first-order chi connectivity index (χ1) is 9.38. The number of hydrogen-bond acceptors (Lipinski definition) is 4. The summed E-state index contributed by atoms with van der Waals surface area (Å²) in [6.07, 6.45) is 6.78. The molecule has 4 heteroatoms. The molecule has 0 bridgehead atoms. The van der Waals surface area contributed by atoms with Gasteiger partial charge in [0.15, 0.2) is 0 Å². The molecule has 1 aliphatic heterocycles. The zero-order valence-electron chi connectivity index (χ0n) is 11.2. The van der Waals surface area contributed by atoms with Crippen LogP contribution in [0.15, 0.2) is 29.2 Å². The summed E-state index contributed by atoms with van der Waals surface area (Å²) in [5.74, 6) is 8.48. The molecule has 104 valence electrons. The van der Waals surface area contributed by atoms with Crippen LogP contribution < -0.4 is 16.0 Å². The standard InChI is InChI=1S/C15H22N2OS/c16-17-15(11-6-2-1-3-7-11)13-10-19-14-9-5-4-8-12(14)18-13/h4-5,8-9,11,13,15,17H,1-3,6-7,10,16H2. The van der Waals surface area contributed by atoms with E-state index in [1.807, 2.05) is 17.8 Å². The maximum absolute atomic E-state index is 6.17. The molecule has 1 heterocycles. The zero-order valence-corrected chi connectivity index (χ0v) is 12.0. The molecule has 2 unspecified atom stereocenters. The number of ether oxygens (including phenoxy) is 1. The molecule has 0 spiro atoms. The third kappa shape index (κ3) is 2.91. The molecule has 1 aromatic rings. The van der Waals surface area contributed by atoms with Gasteiger partial charge in [-0.05, 0) is 30.9 Å². The van der Waals surface area contributed by atoms with E-state index in [1.165, 1.54) is 37.0 Å². The minimum absolute atomic E-state index is 0.188. The predicted molar refractivity (Wildman–Crippen MR) is 79.3 cm³/mol. The molecule has 19 heavy (non-hydrogen) atoms. The molecular weight excluding hydrogens is 256 g/mol. The van der Waals surface area contributed by atoms with Gasteiger partial charge in [0.2, 0.25) is 0 Å². The van der Waals surface area contributed by atoms with E-state index in [-0.39, 0.29) is 12.1 Å². The Kier molecular flexibility index (Phi) is 4.31. The number of nitrogens with one attached hydrogen (secondary N) is 1. The van der Waals surface area contributed by atoms with E-state index in [2.05, 4.69) is 23.6 Å². The van der Waals surface area contributed by atoms with Crippen molar-refractivity contribution in [2.24, 2.45) is 11.8 Å². The summed E-state index contributed by atoms with van der Waals surface area (Å²) in [5.41, 5.74) is 3.03. The first kappa shape index (κ1) is 13.3. The lowest BCUT2D eigenvalue weighted by Crippen LogP contribution is -2.53. The number of thioether (sulfide) groups is 1. The van der Waals surface area contributed by atoms with Crippen molar-refractivity contribution in [3.63, 3.8) is 0 Å². The molecule has 1 aromatic carbocycles. The Morgan fingerprint density at radius 1 is 1.21 bits per heavy atom. The zero-order chi connectivity index (χ0) is 13.1. The average Bonchev–Trinajstić information content (AvgIpc) is 2.49. The second-order valence-corrected chi connectivity index (χ2v) is 6.57. The van der Waals surface area contributed by atoms with Crippen molar-refractivity contribution in [3.8, 4) is 5.75 Å². The molecule has 3 nitrogen and oxygen atoms in total. The molecule has 0 aromatic heterocycles. The Hall–Kier alpha value is -0.710. The van der Waals surface area contributed by atoms with Crippen LogP contribution in [-0.2, 0) is 0 Å². The fraction of sp³-hybridized carbons (Fsp3) is 0.600. The van der Waals surface area contributed by atoms with Gasteiger partial charge in [-0.2, -0.15) is 0 Å². The molecule has 0 saturated heterocycles. The van der Waals surface area contributed by atoms with Gasteiger partial charge in [-0.15, -0.1) is 11.8 Å². The maximum atomic E-state index is 6.17. The van der Waals surface area contributed by atoms with Gasteiger partial charge in [0.1, 0.15) is 11.9 Å². The Morgan fingerprint density at radius 2 is 2.00 bits per heavy atom. The third-order valence-corrected chi connectivity index (χ3v) is 5.42. The number of hydrazine groups is 1. The van der Waals surface area contributed by atoms with Gasteiger partial charge in [0, 0.05) is 10.6 Å². The topological polar surface area (TPSA) is 47.3 Å². The first-order valence-corrected chi connectivity index (χ1v) is 8.21. The van der Waals surface area contributed by atoms with Crippen LogP contribution in [0, 0.1) is 5.92 Å². The van der Waals surface area contributed by atoms with E-state index in [1.54, 1.807) is 0 Å². The summed E-state index contributed by atoms with van der Waals surface area (Å²) < 4.78 is 6.17. The Balaban J connectivity index is 1.71. The highest BCUT2D eigenvalue weighted by Gasteiger charge is 2.33. The summed E-state index contributed by atoms with van der Waals surface area (Å²) in [4.78, 5) is 1.25. The molecule has 0 radical (unpaired) electrons. The van der Waals surface area contributed by atoms with E-state index < -0.39 is 0 Å². The Morgan fingerprint density at radius 3 is 2.79 bits per heavy atom. The quantitative estimate of drug-likeness (QED) is 0.659. The number of rotatable bonds is 3. The lowest BCUT2D eigenvalue weighted by molar-refractivity contribution is 0.115.